The molecule has 2 saturated heterocycles. The number of carboxylic acids is 1. The van der Waals surface area contributed by atoms with Gasteiger partial charge in [-0.15, -0.1) is 0 Å². The van der Waals surface area contributed by atoms with Gasteiger partial charge in [0.15, 0.2) is 0 Å². The molecule has 2 aliphatic rings. The third-order valence-corrected chi connectivity index (χ3v) is 8.83. The Balaban J connectivity index is 1.28. The molecule has 1 N–H and O–H groups in total. The van der Waals surface area contributed by atoms with Gasteiger partial charge in [-0.1, -0.05) is 35.3 Å². The van der Waals surface area contributed by atoms with Crippen LogP contribution in [0.3, 0.4) is 0 Å². The molecule has 2 fully saturated rings. The molecule has 2 heterocycles. The van der Waals surface area contributed by atoms with Gasteiger partial charge in [0.1, 0.15) is 23.1 Å². The van der Waals surface area contributed by atoms with Crippen LogP contribution >= 0.6 is 23.2 Å². The summed E-state index contributed by atoms with van der Waals surface area (Å²) in [7, 11) is 0. The van der Waals surface area contributed by atoms with Crippen molar-refractivity contribution < 1.29 is 37.7 Å². The number of likely N-dealkylation sites (tertiary alicyclic amines) is 2. The number of halogens is 4. The second-order valence-electron chi connectivity index (χ2n) is 11.6. The van der Waals surface area contributed by atoms with Gasteiger partial charge in [-0.3, -0.25) is 9.59 Å². The quantitative estimate of drug-likeness (QED) is 0.179. The molecule has 0 unspecified atom stereocenters. The van der Waals surface area contributed by atoms with Crippen molar-refractivity contribution in [2.45, 2.75) is 32.0 Å². The van der Waals surface area contributed by atoms with Gasteiger partial charge in [-0.05, 0) is 97.5 Å². The highest BCUT2D eigenvalue weighted by Gasteiger charge is 2.28. The van der Waals surface area contributed by atoms with Crippen LogP contribution in [0.15, 0.2) is 72.8 Å². The Morgan fingerprint density at radius 3 is 1.38 bits per heavy atom. The molecule has 4 aromatic rings. The molecule has 248 valence electrons. The summed E-state index contributed by atoms with van der Waals surface area (Å²) < 4.78 is 42.2. The third kappa shape index (κ3) is 7.10. The van der Waals surface area contributed by atoms with Crippen molar-refractivity contribution in [3.63, 3.8) is 0 Å². The first kappa shape index (κ1) is 33.2. The van der Waals surface area contributed by atoms with Crippen LogP contribution in [-0.2, 0) is 4.79 Å². The number of nitrogens with zero attached hydrogens (tertiary/aromatic N) is 2. The summed E-state index contributed by atoms with van der Waals surface area (Å²) in [6, 6.07) is 16.9. The predicted octanol–water partition coefficient (Wildman–Crippen LogP) is 7.95. The highest BCUT2D eigenvalue weighted by Crippen LogP contribution is 2.37. The first-order valence-electron chi connectivity index (χ1n) is 15.4. The lowest BCUT2D eigenvalue weighted by molar-refractivity contribution is -0.158. The minimum atomic E-state index is -1.92. The van der Waals surface area contributed by atoms with Crippen LogP contribution in [0.1, 0.15) is 46.4 Å². The molecule has 8 nitrogen and oxygen atoms in total. The molecule has 2 aliphatic heterocycles. The molecule has 6 rings (SSSR count). The minimum Gasteiger partial charge on any atom is -0.476 e. The van der Waals surface area contributed by atoms with Crippen LogP contribution in [0.2, 0.25) is 10.0 Å². The Morgan fingerprint density at radius 2 is 1.02 bits per heavy atom. The monoisotopic (exact) mass is 694 g/mol. The average molecular weight is 696 g/mol. The first-order chi connectivity index (χ1) is 23.1. The fourth-order valence-corrected chi connectivity index (χ4v) is 6.25. The van der Waals surface area contributed by atoms with E-state index in [-0.39, 0.29) is 43.8 Å². The number of hydrogen-bond donors (Lipinski definition) is 1. The Bertz CT molecular complexity index is 1760. The zero-order valence-corrected chi connectivity index (χ0v) is 27.1. The first-order valence-corrected chi connectivity index (χ1v) is 16.2. The van der Waals surface area contributed by atoms with Crippen LogP contribution in [0.25, 0.3) is 22.3 Å². The maximum Gasteiger partial charge on any atom is 0.387 e. The fraction of sp³-hybridized carbons (Fsp3) is 0.250. The molecule has 12 heteroatoms. The molecule has 0 aliphatic carbocycles. The highest BCUT2D eigenvalue weighted by molar-refractivity contribution is 6.31. The number of ether oxygens (including phenoxy) is 2. The average Bonchev–Trinajstić information content (AvgIpc) is 3.81. The highest BCUT2D eigenvalue weighted by atomic mass is 35.5. The lowest BCUT2D eigenvalue weighted by Gasteiger charge is -2.21. The molecule has 0 saturated carbocycles. The summed E-state index contributed by atoms with van der Waals surface area (Å²) in [6.07, 6.45) is 1.53. The van der Waals surface area contributed by atoms with E-state index in [1.807, 2.05) is 0 Å². The van der Waals surface area contributed by atoms with E-state index >= 15 is 8.78 Å². The van der Waals surface area contributed by atoms with Gasteiger partial charge in [0.25, 0.3) is 11.8 Å². The van der Waals surface area contributed by atoms with Crippen LogP contribution in [0, 0.1) is 11.6 Å². The summed E-state index contributed by atoms with van der Waals surface area (Å²) >= 11 is 12.5. The topological polar surface area (TPSA) is 96.4 Å². The van der Waals surface area contributed by atoms with E-state index in [0.29, 0.717) is 37.3 Å². The largest absolute Gasteiger partial charge is 0.476 e. The SMILES string of the molecule is O=C(O)C(Oc1ccc(Cl)cc1-c1ccc(C(=O)N2CCCC2)c(F)c1)Oc1ccc(Cl)cc1-c1ccc(C(=O)N2CCCC2)c(F)c1. The number of carbonyl (C=O) groups is 3. The molecule has 48 heavy (non-hydrogen) atoms. The van der Waals surface area contributed by atoms with E-state index in [2.05, 4.69) is 0 Å². The van der Waals surface area contributed by atoms with Gasteiger partial charge in [0.2, 0.25) is 0 Å². The Hall–Kier alpha value is -4.67. The van der Waals surface area contributed by atoms with E-state index in [0.717, 1.165) is 25.7 Å². The van der Waals surface area contributed by atoms with Gasteiger partial charge in [-0.25, -0.2) is 13.6 Å². The number of carbonyl (C=O) groups excluding carboxylic acids is 2. The molecule has 0 atom stereocenters. The third-order valence-electron chi connectivity index (χ3n) is 8.36. The summed E-state index contributed by atoms with van der Waals surface area (Å²) in [5.74, 6) is -3.76. The summed E-state index contributed by atoms with van der Waals surface area (Å²) in [5.41, 5.74) is 0.951. The van der Waals surface area contributed by atoms with Crippen LogP contribution in [0.5, 0.6) is 11.5 Å². The van der Waals surface area contributed by atoms with E-state index in [1.54, 1.807) is 9.80 Å². The summed E-state index contributed by atoms with van der Waals surface area (Å²) in [4.78, 5) is 41.3. The van der Waals surface area contributed by atoms with Gasteiger partial charge in [-0.2, -0.15) is 0 Å². The van der Waals surface area contributed by atoms with E-state index in [9.17, 15) is 19.5 Å². The maximum atomic E-state index is 15.3. The molecule has 4 aromatic carbocycles. The molecule has 0 spiro atoms. The Labute approximate surface area is 285 Å². The van der Waals surface area contributed by atoms with Crippen molar-refractivity contribution in [2.24, 2.45) is 0 Å². The molecule has 0 radical (unpaired) electrons. The van der Waals surface area contributed by atoms with Crippen LogP contribution in [-0.4, -0.2) is 65.2 Å². The molecular weight excluding hydrogens is 665 g/mol. The fourth-order valence-electron chi connectivity index (χ4n) is 5.91. The van der Waals surface area contributed by atoms with Crippen molar-refractivity contribution in [3.8, 4) is 33.8 Å². The predicted molar refractivity (Wildman–Crippen MR) is 177 cm³/mol. The summed E-state index contributed by atoms with van der Waals surface area (Å²) in [6.45, 7) is 2.27. The van der Waals surface area contributed by atoms with Gasteiger partial charge in [0.05, 0.1) is 11.1 Å². The van der Waals surface area contributed by atoms with Crippen molar-refractivity contribution in [1.82, 2.24) is 9.80 Å². The minimum absolute atomic E-state index is 0.0103. The second kappa shape index (κ2) is 14.2. The maximum absolute atomic E-state index is 15.3. The van der Waals surface area contributed by atoms with Crippen LogP contribution < -0.4 is 9.47 Å². The Kier molecular flexibility index (Phi) is 9.84. The number of hydrogen-bond acceptors (Lipinski definition) is 5. The smallest absolute Gasteiger partial charge is 0.387 e. The number of carboxylic acid groups (broad SMARTS) is 1. The Morgan fingerprint density at radius 1 is 0.625 bits per heavy atom. The molecule has 0 aromatic heterocycles. The molecule has 0 bridgehead atoms. The van der Waals surface area contributed by atoms with Crippen LogP contribution in [0.4, 0.5) is 8.78 Å². The van der Waals surface area contributed by atoms with Crippen molar-refractivity contribution in [3.05, 3.63) is 106 Å². The van der Waals surface area contributed by atoms with Gasteiger partial charge < -0.3 is 24.4 Å². The van der Waals surface area contributed by atoms with Gasteiger partial charge >= 0.3 is 12.3 Å². The number of benzene rings is 4. The zero-order valence-electron chi connectivity index (χ0n) is 25.6. The standard InChI is InChI=1S/C36H30Cl2F2N2O6/c37-23-7-11-31(27(19-23)21-5-9-25(29(39)17-21)33(43)41-13-1-2-14-41)47-36(35(45)46)48-32-12-8-24(38)20-28(32)22-6-10-26(30(40)18-22)34(44)42-15-3-4-16-42/h5-12,17-20,36H,1-4,13-16H2,(H,45,46). The van der Waals surface area contributed by atoms with E-state index in [4.69, 9.17) is 32.7 Å². The number of aliphatic carboxylic acids is 1. The van der Waals surface area contributed by atoms with E-state index in [1.165, 1.54) is 72.8 Å². The van der Waals surface area contributed by atoms with Crippen molar-refractivity contribution in [2.75, 3.05) is 26.2 Å². The van der Waals surface area contributed by atoms with Crippen molar-refractivity contribution in [1.29, 1.82) is 0 Å². The second-order valence-corrected chi connectivity index (χ2v) is 12.4. The van der Waals surface area contributed by atoms with Crippen molar-refractivity contribution >= 4 is 41.0 Å². The zero-order chi connectivity index (χ0) is 33.9. The lowest BCUT2D eigenvalue weighted by atomic mass is 10.0. The van der Waals surface area contributed by atoms with E-state index < -0.39 is 35.7 Å². The lowest BCUT2D eigenvalue weighted by Crippen LogP contribution is -2.33. The molecular formula is C36H30Cl2F2N2O6. The molecule has 2 amide bonds. The van der Waals surface area contributed by atoms with Gasteiger partial charge in [0, 0.05) is 47.4 Å². The number of amides is 2. The summed E-state index contributed by atoms with van der Waals surface area (Å²) in [5, 5.41) is 10.7. The number of rotatable bonds is 9. The normalized spacial score (nSPS) is 14.4.